The molecule has 2 aromatic carbocycles. The van der Waals surface area contributed by atoms with Crippen molar-refractivity contribution in [2.45, 2.75) is 25.2 Å². The molecule has 1 saturated heterocycles. The molecule has 1 amide bonds. The van der Waals surface area contributed by atoms with Crippen LogP contribution in [0, 0.1) is 18.2 Å². The second-order valence-electron chi connectivity index (χ2n) is 7.50. The third-order valence-electron chi connectivity index (χ3n) is 4.90. The van der Waals surface area contributed by atoms with Gasteiger partial charge in [-0.3, -0.25) is 4.79 Å². The predicted octanol–water partition coefficient (Wildman–Crippen LogP) is 3.85. The van der Waals surface area contributed by atoms with E-state index in [-0.39, 0.29) is 28.2 Å². The summed E-state index contributed by atoms with van der Waals surface area (Å²) in [7, 11) is -3.80. The average molecular weight is 485 g/mol. The van der Waals surface area contributed by atoms with Crippen molar-refractivity contribution in [3.8, 4) is 0 Å². The number of hydrogen-bond donors (Lipinski definition) is 2. The zero-order valence-electron chi connectivity index (χ0n) is 16.1. The van der Waals surface area contributed by atoms with Gasteiger partial charge in [-0.2, -0.15) is 0 Å². The zero-order valence-corrected chi connectivity index (χ0v) is 18.5. The van der Waals surface area contributed by atoms with Gasteiger partial charge in [0.25, 0.3) is 5.91 Å². The Bertz CT molecular complexity index is 1040. The number of carbonyl (C=O) groups excluding carboxylic acids is 1. The predicted molar refractivity (Wildman–Crippen MR) is 112 cm³/mol. The minimum absolute atomic E-state index is 0.0105. The van der Waals surface area contributed by atoms with Crippen molar-refractivity contribution in [3.05, 3.63) is 57.8 Å². The molecule has 0 bridgehead atoms. The number of ether oxygens (including phenoxy) is 1. The standard InChI is InChI=1S/C20H22BrFN2O4S/c1-13-9-14(3-6-18(13)22)24-19(25)16-10-15(4-5-17(16)21)29(26,27)23-11-20(2)7-8-28-12-20/h3-6,9-10,23H,7-8,11-12H2,1-2H3,(H,24,25). The number of anilines is 1. The summed E-state index contributed by atoms with van der Waals surface area (Å²) >= 11 is 3.29. The van der Waals surface area contributed by atoms with Crippen molar-refractivity contribution in [1.29, 1.82) is 0 Å². The molecular weight excluding hydrogens is 463 g/mol. The highest BCUT2D eigenvalue weighted by molar-refractivity contribution is 9.10. The van der Waals surface area contributed by atoms with Crippen LogP contribution in [0.2, 0.25) is 0 Å². The quantitative estimate of drug-likeness (QED) is 0.651. The van der Waals surface area contributed by atoms with Crippen LogP contribution in [0.1, 0.15) is 29.3 Å². The summed E-state index contributed by atoms with van der Waals surface area (Å²) in [6.07, 6.45) is 0.778. The van der Waals surface area contributed by atoms with Crippen molar-refractivity contribution in [2.24, 2.45) is 5.41 Å². The normalized spacial score (nSPS) is 19.3. The number of benzene rings is 2. The van der Waals surface area contributed by atoms with Gasteiger partial charge in [0.2, 0.25) is 10.0 Å². The SMILES string of the molecule is Cc1cc(NC(=O)c2cc(S(=O)(=O)NCC3(C)CCOC3)ccc2Br)ccc1F. The molecular formula is C20H22BrFN2O4S. The van der Waals surface area contributed by atoms with Crippen LogP contribution in [0.3, 0.4) is 0 Å². The van der Waals surface area contributed by atoms with Gasteiger partial charge in [0.05, 0.1) is 17.1 Å². The molecule has 1 fully saturated rings. The molecule has 1 atom stereocenters. The van der Waals surface area contributed by atoms with E-state index in [2.05, 4.69) is 26.0 Å². The Morgan fingerprint density at radius 3 is 2.69 bits per heavy atom. The summed E-state index contributed by atoms with van der Waals surface area (Å²) < 4.78 is 47.3. The van der Waals surface area contributed by atoms with E-state index in [0.717, 1.165) is 6.42 Å². The van der Waals surface area contributed by atoms with E-state index in [1.807, 2.05) is 6.92 Å². The van der Waals surface area contributed by atoms with Gasteiger partial charge in [-0.15, -0.1) is 0 Å². The maximum Gasteiger partial charge on any atom is 0.256 e. The van der Waals surface area contributed by atoms with E-state index in [1.165, 1.54) is 36.4 Å². The molecule has 0 saturated carbocycles. The Kier molecular flexibility index (Phi) is 6.42. The smallest absolute Gasteiger partial charge is 0.256 e. The Morgan fingerprint density at radius 2 is 2.03 bits per heavy atom. The molecule has 156 valence electrons. The third-order valence-corrected chi connectivity index (χ3v) is 6.99. The van der Waals surface area contributed by atoms with Gasteiger partial charge in [-0.25, -0.2) is 17.5 Å². The first-order valence-corrected chi connectivity index (χ1v) is 11.3. The number of rotatable bonds is 6. The van der Waals surface area contributed by atoms with Gasteiger partial charge in [0.15, 0.2) is 0 Å². The largest absolute Gasteiger partial charge is 0.381 e. The molecule has 0 aliphatic carbocycles. The summed E-state index contributed by atoms with van der Waals surface area (Å²) in [6, 6.07) is 8.47. The van der Waals surface area contributed by atoms with E-state index >= 15 is 0 Å². The zero-order chi connectivity index (χ0) is 21.2. The Morgan fingerprint density at radius 1 is 1.28 bits per heavy atom. The van der Waals surface area contributed by atoms with Crippen LogP contribution in [-0.2, 0) is 14.8 Å². The van der Waals surface area contributed by atoms with Gasteiger partial charge in [0, 0.05) is 28.7 Å². The van der Waals surface area contributed by atoms with Gasteiger partial charge < -0.3 is 10.1 Å². The number of hydrogen-bond acceptors (Lipinski definition) is 4. The van der Waals surface area contributed by atoms with Crippen molar-refractivity contribution < 1.29 is 22.3 Å². The molecule has 29 heavy (non-hydrogen) atoms. The summed E-state index contributed by atoms with van der Waals surface area (Å²) in [5.41, 5.74) is 0.724. The number of halogens is 2. The van der Waals surface area contributed by atoms with Crippen molar-refractivity contribution in [1.82, 2.24) is 4.72 Å². The van der Waals surface area contributed by atoms with E-state index in [1.54, 1.807) is 6.92 Å². The van der Waals surface area contributed by atoms with E-state index in [9.17, 15) is 17.6 Å². The van der Waals surface area contributed by atoms with Crippen molar-refractivity contribution >= 4 is 37.5 Å². The molecule has 0 spiro atoms. The highest BCUT2D eigenvalue weighted by Gasteiger charge is 2.31. The Balaban J connectivity index is 1.79. The summed E-state index contributed by atoms with van der Waals surface area (Å²) in [6.45, 7) is 4.93. The van der Waals surface area contributed by atoms with Crippen molar-refractivity contribution in [3.63, 3.8) is 0 Å². The topological polar surface area (TPSA) is 84.5 Å². The maximum atomic E-state index is 13.4. The van der Waals surface area contributed by atoms with E-state index in [4.69, 9.17) is 4.74 Å². The molecule has 0 aromatic heterocycles. The molecule has 6 nitrogen and oxygen atoms in total. The van der Waals surface area contributed by atoms with Gasteiger partial charge in [-0.1, -0.05) is 6.92 Å². The molecule has 0 radical (unpaired) electrons. The fraction of sp³-hybridized carbons (Fsp3) is 0.350. The molecule has 9 heteroatoms. The molecule has 1 aliphatic heterocycles. The van der Waals surface area contributed by atoms with Gasteiger partial charge in [-0.05, 0) is 71.2 Å². The third kappa shape index (κ3) is 5.22. The van der Waals surface area contributed by atoms with Crippen LogP contribution in [0.25, 0.3) is 0 Å². The molecule has 1 unspecified atom stereocenters. The highest BCUT2D eigenvalue weighted by Crippen LogP contribution is 2.28. The van der Waals surface area contributed by atoms with Crippen LogP contribution in [0.4, 0.5) is 10.1 Å². The van der Waals surface area contributed by atoms with Gasteiger partial charge in [0.1, 0.15) is 5.82 Å². The van der Waals surface area contributed by atoms with Gasteiger partial charge >= 0.3 is 0 Å². The lowest BCUT2D eigenvalue weighted by atomic mass is 9.91. The number of carbonyl (C=O) groups is 1. The second-order valence-corrected chi connectivity index (χ2v) is 10.1. The van der Waals surface area contributed by atoms with Crippen LogP contribution in [0.15, 0.2) is 45.8 Å². The maximum absolute atomic E-state index is 13.4. The Labute approximate surface area is 178 Å². The number of aryl methyl sites for hydroxylation is 1. The highest BCUT2D eigenvalue weighted by atomic mass is 79.9. The Hall–Kier alpha value is -1.81. The number of amides is 1. The average Bonchev–Trinajstić information content (AvgIpc) is 3.10. The fourth-order valence-corrected chi connectivity index (χ4v) is 4.62. The molecule has 1 aliphatic rings. The van der Waals surface area contributed by atoms with Crippen LogP contribution < -0.4 is 10.0 Å². The van der Waals surface area contributed by atoms with Crippen LogP contribution in [0.5, 0.6) is 0 Å². The molecule has 1 heterocycles. The molecule has 3 rings (SSSR count). The molecule has 2 aromatic rings. The number of sulfonamides is 1. The first-order valence-electron chi connectivity index (χ1n) is 9.04. The molecule has 2 N–H and O–H groups in total. The number of nitrogens with one attached hydrogen (secondary N) is 2. The van der Waals surface area contributed by atoms with Crippen LogP contribution in [-0.4, -0.2) is 34.1 Å². The minimum Gasteiger partial charge on any atom is -0.381 e. The summed E-state index contributed by atoms with van der Waals surface area (Å²) in [5.74, 6) is -0.874. The second kappa shape index (κ2) is 8.51. The van der Waals surface area contributed by atoms with Crippen molar-refractivity contribution in [2.75, 3.05) is 25.1 Å². The fourth-order valence-electron chi connectivity index (χ4n) is 2.97. The van der Waals surface area contributed by atoms with Crippen LogP contribution >= 0.6 is 15.9 Å². The lowest BCUT2D eigenvalue weighted by molar-refractivity contribution is 0.102. The summed E-state index contributed by atoms with van der Waals surface area (Å²) in [5, 5.41) is 2.66. The first-order chi connectivity index (χ1) is 13.6. The van der Waals surface area contributed by atoms with E-state index < -0.39 is 15.9 Å². The lowest BCUT2D eigenvalue weighted by Gasteiger charge is -2.22. The summed E-state index contributed by atoms with van der Waals surface area (Å²) in [4.78, 5) is 12.7. The van der Waals surface area contributed by atoms with E-state index in [0.29, 0.717) is 28.9 Å². The lowest BCUT2D eigenvalue weighted by Crippen LogP contribution is -2.36. The minimum atomic E-state index is -3.80. The first kappa shape index (κ1) is 21.9. The monoisotopic (exact) mass is 484 g/mol.